The molecule has 5 aliphatic carbocycles. The highest BCUT2D eigenvalue weighted by Gasteiger charge is 2.33. The number of hydrogen-bond acceptors (Lipinski definition) is 0. The first kappa shape index (κ1) is 30.1. The summed E-state index contributed by atoms with van der Waals surface area (Å²) in [6.07, 6.45) is 33.6. The molecule has 12 rings (SSSR count). The molecule has 0 bridgehead atoms. The maximum atomic E-state index is 2.65. The van der Waals surface area contributed by atoms with Crippen LogP contribution >= 0.6 is 0 Å². The Balaban J connectivity index is 0.985. The largest absolute Gasteiger partial charge is 0.333 e. The quantitative estimate of drug-likeness (QED) is 0.175. The van der Waals surface area contributed by atoms with Crippen molar-refractivity contribution in [3.05, 3.63) is 203 Å². The standard InChI is InChI=1S/C52H38N2/c1-3-15-38-33(12-1)14-11-23-46(38)53-47-21-9-7-18-41(47)44-30-35(26-28-49(44)53)36-27-29-50-45(31-36)42-19-8-10-22-48(42)54(50)51-32-37-25-24-34-13-2-4-16-39(34)52(37)43-20-6-5-17-40(43)51/h1-30,32-33,36,38,40,51H,31H2. The highest BCUT2D eigenvalue weighted by Crippen LogP contribution is 2.45. The Kier molecular flexibility index (Phi) is 6.45. The van der Waals surface area contributed by atoms with E-state index in [9.17, 15) is 0 Å². The molecule has 7 aromatic rings. The molecule has 5 unspecified atom stereocenters. The van der Waals surface area contributed by atoms with E-state index in [-0.39, 0.29) is 17.9 Å². The molecule has 5 aliphatic rings. The van der Waals surface area contributed by atoms with E-state index >= 15 is 0 Å². The number of fused-ring (bicyclic) bond motifs is 11. The van der Waals surface area contributed by atoms with Gasteiger partial charge in [0, 0.05) is 56.7 Å². The average Bonchev–Trinajstić information content (AvgIpc) is 3.75. The lowest BCUT2D eigenvalue weighted by Gasteiger charge is -2.32. The van der Waals surface area contributed by atoms with Crippen LogP contribution in [0.3, 0.4) is 0 Å². The van der Waals surface area contributed by atoms with Crippen molar-refractivity contribution >= 4 is 66.9 Å². The zero-order chi connectivity index (χ0) is 35.3. The fourth-order valence-electron chi connectivity index (χ4n) is 10.4. The Morgan fingerprint density at radius 2 is 1.31 bits per heavy atom. The van der Waals surface area contributed by atoms with Gasteiger partial charge in [-0.3, -0.25) is 0 Å². The van der Waals surface area contributed by atoms with Crippen LogP contribution in [-0.2, 0) is 6.42 Å². The van der Waals surface area contributed by atoms with Crippen molar-refractivity contribution < 1.29 is 0 Å². The molecule has 2 heterocycles. The Morgan fingerprint density at radius 3 is 2.26 bits per heavy atom. The van der Waals surface area contributed by atoms with Crippen molar-refractivity contribution in [2.75, 3.05) is 0 Å². The van der Waals surface area contributed by atoms with Crippen molar-refractivity contribution in [1.29, 1.82) is 0 Å². The summed E-state index contributed by atoms with van der Waals surface area (Å²) in [5.41, 5.74) is 10.8. The number of para-hydroxylation sites is 2. The number of benzene rings is 5. The van der Waals surface area contributed by atoms with Gasteiger partial charge < -0.3 is 9.13 Å². The molecule has 2 aromatic heterocycles. The van der Waals surface area contributed by atoms with Gasteiger partial charge in [0.2, 0.25) is 0 Å². The monoisotopic (exact) mass is 690 g/mol. The summed E-state index contributed by atoms with van der Waals surface area (Å²) in [4.78, 5) is 0. The second kappa shape index (κ2) is 11.6. The molecular weight excluding hydrogens is 653 g/mol. The Labute approximate surface area is 314 Å². The van der Waals surface area contributed by atoms with Crippen molar-refractivity contribution in [2.24, 2.45) is 17.8 Å². The minimum Gasteiger partial charge on any atom is -0.333 e. The van der Waals surface area contributed by atoms with Crippen LogP contribution in [0.15, 0.2) is 176 Å². The van der Waals surface area contributed by atoms with Gasteiger partial charge >= 0.3 is 0 Å². The fraction of sp³-hybridized carbons (Fsp3) is 0.115. The zero-order valence-electron chi connectivity index (χ0n) is 29.9. The van der Waals surface area contributed by atoms with E-state index in [2.05, 4.69) is 197 Å². The van der Waals surface area contributed by atoms with Crippen LogP contribution in [0, 0.1) is 17.8 Å². The van der Waals surface area contributed by atoms with Crippen LogP contribution in [0.1, 0.15) is 28.8 Å². The zero-order valence-corrected chi connectivity index (χ0v) is 29.9. The van der Waals surface area contributed by atoms with E-state index in [0.29, 0.717) is 11.8 Å². The van der Waals surface area contributed by atoms with Crippen LogP contribution in [0.25, 0.3) is 66.9 Å². The lowest BCUT2D eigenvalue weighted by molar-refractivity contribution is 0.568. The number of nitrogens with zero attached hydrogens (tertiary/aromatic N) is 2. The van der Waals surface area contributed by atoms with Crippen molar-refractivity contribution in [2.45, 2.75) is 18.4 Å². The predicted octanol–water partition coefficient (Wildman–Crippen LogP) is 11.0. The molecule has 5 atom stereocenters. The molecule has 0 spiro atoms. The van der Waals surface area contributed by atoms with Gasteiger partial charge in [-0.25, -0.2) is 0 Å². The molecule has 0 fully saturated rings. The molecule has 2 nitrogen and oxygen atoms in total. The minimum atomic E-state index is 0.172. The first-order valence-electron chi connectivity index (χ1n) is 19.5. The van der Waals surface area contributed by atoms with Gasteiger partial charge in [0.05, 0.1) is 17.1 Å². The van der Waals surface area contributed by atoms with Crippen LogP contribution in [-0.4, -0.2) is 9.13 Å². The number of hydrogen-bond donors (Lipinski definition) is 0. The van der Waals surface area contributed by atoms with Crippen LogP contribution < -0.4 is 10.4 Å². The number of aromatic nitrogens is 2. The van der Waals surface area contributed by atoms with E-state index < -0.39 is 0 Å². The SMILES string of the molecule is C1=CC2=c3c(ccc4ccccc34)=CC(n3c4c(c5ccccc53)CC(c3ccc5c(c3)c3ccccc3n5C3=CC=CC5C=CC=CC35)C=C4)C2C=C1. The Morgan fingerprint density at radius 1 is 0.556 bits per heavy atom. The first-order valence-corrected chi connectivity index (χ1v) is 19.5. The van der Waals surface area contributed by atoms with E-state index in [0.717, 1.165) is 6.42 Å². The van der Waals surface area contributed by atoms with Gasteiger partial charge in [-0.2, -0.15) is 0 Å². The van der Waals surface area contributed by atoms with Gasteiger partial charge in [0.15, 0.2) is 0 Å². The molecule has 0 saturated heterocycles. The smallest absolute Gasteiger partial charge is 0.0635 e. The summed E-state index contributed by atoms with van der Waals surface area (Å²) in [7, 11) is 0. The van der Waals surface area contributed by atoms with Gasteiger partial charge in [-0.05, 0) is 80.7 Å². The predicted molar refractivity (Wildman–Crippen MR) is 227 cm³/mol. The maximum absolute atomic E-state index is 2.65. The molecule has 256 valence electrons. The van der Waals surface area contributed by atoms with Gasteiger partial charge in [0.1, 0.15) is 0 Å². The Hall–Kier alpha value is -6.38. The van der Waals surface area contributed by atoms with E-state index in [1.165, 1.54) is 82.0 Å². The third kappa shape index (κ3) is 4.28. The third-order valence-corrected chi connectivity index (χ3v) is 12.8. The number of rotatable bonds is 3. The molecule has 54 heavy (non-hydrogen) atoms. The van der Waals surface area contributed by atoms with Gasteiger partial charge in [-0.15, -0.1) is 0 Å². The molecule has 0 aliphatic heterocycles. The second-order valence-corrected chi connectivity index (χ2v) is 15.5. The molecule has 0 N–H and O–H groups in total. The molecule has 5 aromatic carbocycles. The van der Waals surface area contributed by atoms with Crippen LogP contribution in [0.5, 0.6) is 0 Å². The highest BCUT2D eigenvalue weighted by atomic mass is 15.0. The summed E-state index contributed by atoms with van der Waals surface area (Å²) in [5.74, 6) is 1.27. The average molecular weight is 691 g/mol. The third-order valence-electron chi connectivity index (χ3n) is 12.8. The van der Waals surface area contributed by atoms with Crippen LogP contribution in [0.4, 0.5) is 0 Å². The van der Waals surface area contributed by atoms with Crippen LogP contribution in [0.2, 0.25) is 0 Å². The van der Waals surface area contributed by atoms with Crippen molar-refractivity contribution in [1.82, 2.24) is 9.13 Å². The first-order chi connectivity index (χ1) is 26.8. The summed E-state index contributed by atoms with van der Waals surface area (Å²) in [6.45, 7) is 0. The lowest BCUT2D eigenvalue weighted by Crippen LogP contribution is -2.38. The highest BCUT2D eigenvalue weighted by molar-refractivity contribution is 6.10. The summed E-state index contributed by atoms with van der Waals surface area (Å²) >= 11 is 0. The topological polar surface area (TPSA) is 9.86 Å². The lowest BCUT2D eigenvalue weighted by atomic mass is 9.80. The fourth-order valence-corrected chi connectivity index (χ4v) is 10.4. The van der Waals surface area contributed by atoms with Gasteiger partial charge in [-0.1, -0.05) is 152 Å². The number of allylic oxidation sites excluding steroid dienone is 13. The Bertz CT molecular complexity index is 3110. The molecule has 2 heteroatoms. The van der Waals surface area contributed by atoms with Gasteiger partial charge in [0.25, 0.3) is 0 Å². The van der Waals surface area contributed by atoms with Crippen molar-refractivity contribution in [3.63, 3.8) is 0 Å². The van der Waals surface area contributed by atoms with E-state index in [1.54, 1.807) is 0 Å². The molecule has 0 radical (unpaired) electrons. The maximum Gasteiger partial charge on any atom is 0.0635 e. The summed E-state index contributed by atoms with van der Waals surface area (Å²) in [5, 5.41) is 9.37. The second-order valence-electron chi connectivity index (χ2n) is 15.5. The normalized spacial score (nSPS) is 23.4. The summed E-state index contributed by atoms with van der Waals surface area (Å²) < 4.78 is 5.17. The van der Waals surface area contributed by atoms with Crippen molar-refractivity contribution in [3.8, 4) is 0 Å². The summed E-state index contributed by atoms with van der Waals surface area (Å²) in [6, 6.07) is 38.9. The molecule has 0 amide bonds. The molecule has 0 saturated carbocycles. The molecular formula is C52H38N2. The van der Waals surface area contributed by atoms with E-state index in [4.69, 9.17) is 0 Å². The minimum absolute atomic E-state index is 0.172. The van der Waals surface area contributed by atoms with E-state index in [1.807, 2.05) is 0 Å².